The van der Waals surface area contributed by atoms with Gasteiger partial charge in [-0.1, -0.05) is 0 Å². The molecule has 0 radical (unpaired) electrons. The lowest BCUT2D eigenvalue weighted by Crippen LogP contribution is -1.98. The number of methoxy groups -OCH3 is 2. The number of benzene rings is 1. The lowest BCUT2D eigenvalue weighted by Gasteiger charge is -1.96. The van der Waals surface area contributed by atoms with Gasteiger partial charge in [0.25, 0.3) is 5.76 Å². The van der Waals surface area contributed by atoms with Gasteiger partial charge in [-0.3, -0.25) is 0 Å². The van der Waals surface area contributed by atoms with Crippen LogP contribution in [0.15, 0.2) is 22.6 Å². The molecule has 1 N–H and O–H groups in total. The van der Waals surface area contributed by atoms with E-state index in [0.717, 1.165) is 0 Å². The average molecular weight is 222 g/mol. The maximum atomic E-state index is 11.3. The van der Waals surface area contributed by atoms with Crippen molar-refractivity contribution in [3.05, 3.63) is 24.0 Å². The number of hydrogen-bond acceptors (Lipinski definition) is 5. The quantitative estimate of drug-likeness (QED) is 0.786. The molecule has 0 bridgehead atoms. The number of aromatic hydroxyl groups is 1. The topological polar surface area (TPSA) is 68.9 Å². The zero-order valence-corrected chi connectivity index (χ0v) is 8.81. The Morgan fingerprint density at radius 3 is 2.75 bits per heavy atom. The highest BCUT2D eigenvalue weighted by atomic mass is 16.5. The van der Waals surface area contributed by atoms with Crippen LogP contribution in [-0.2, 0) is 4.74 Å². The number of ether oxygens (including phenoxy) is 2. The molecule has 5 heteroatoms. The van der Waals surface area contributed by atoms with Crippen LogP contribution in [0.3, 0.4) is 0 Å². The number of hydrogen-bond donors (Lipinski definition) is 1. The van der Waals surface area contributed by atoms with E-state index in [2.05, 4.69) is 4.74 Å². The van der Waals surface area contributed by atoms with E-state index in [1.165, 1.54) is 14.2 Å². The molecule has 0 aliphatic carbocycles. The summed E-state index contributed by atoms with van der Waals surface area (Å²) in [5.41, 5.74) is 0.372. The molecule has 1 aromatic heterocycles. The van der Waals surface area contributed by atoms with Crippen molar-refractivity contribution in [2.75, 3.05) is 14.2 Å². The lowest BCUT2D eigenvalue weighted by atomic mass is 10.2. The minimum atomic E-state index is -0.715. The lowest BCUT2D eigenvalue weighted by molar-refractivity contribution is 0.0563. The SMILES string of the molecule is COC(=O)c1oc2cc(OC)ccc2c1O. The second-order valence-corrected chi connectivity index (χ2v) is 3.13. The van der Waals surface area contributed by atoms with Crippen molar-refractivity contribution in [2.24, 2.45) is 0 Å². The number of fused-ring (bicyclic) bond motifs is 1. The van der Waals surface area contributed by atoms with Gasteiger partial charge in [0.2, 0.25) is 0 Å². The zero-order valence-electron chi connectivity index (χ0n) is 8.81. The van der Waals surface area contributed by atoms with Crippen molar-refractivity contribution in [1.82, 2.24) is 0 Å². The van der Waals surface area contributed by atoms with Gasteiger partial charge in [0.1, 0.15) is 11.3 Å². The van der Waals surface area contributed by atoms with Crippen LogP contribution in [0.5, 0.6) is 11.5 Å². The van der Waals surface area contributed by atoms with Crippen molar-refractivity contribution >= 4 is 16.9 Å². The highest BCUT2D eigenvalue weighted by molar-refractivity contribution is 5.98. The van der Waals surface area contributed by atoms with Crippen LogP contribution in [0.2, 0.25) is 0 Å². The smallest absolute Gasteiger partial charge is 0.377 e. The Kier molecular flexibility index (Phi) is 2.44. The molecule has 0 aliphatic rings. The Bertz CT molecular complexity index is 541. The molecule has 0 saturated carbocycles. The summed E-state index contributed by atoms with van der Waals surface area (Å²) in [5.74, 6) is -0.555. The van der Waals surface area contributed by atoms with Gasteiger partial charge in [0.15, 0.2) is 5.75 Å². The number of esters is 1. The molecule has 0 unspecified atom stereocenters. The minimum Gasteiger partial charge on any atom is -0.504 e. The van der Waals surface area contributed by atoms with Crippen LogP contribution in [0.4, 0.5) is 0 Å². The standard InChI is InChI=1S/C11H10O5/c1-14-6-3-4-7-8(5-6)16-10(9(7)12)11(13)15-2/h3-5,12H,1-2H3. The first-order valence-electron chi connectivity index (χ1n) is 4.55. The third-order valence-electron chi connectivity index (χ3n) is 2.24. The zero-order chi connectivity index (χ0) is 11.7. The van der Waals surface area contributed by atoms with Crippen LogP contribution < -0.4 is 4.74 Å². The molecule has 84 valence electrons. The molecule has 2 aromatic rings. The summed E-state index contributed by atoms with van der Waals surface area (Å²) in [6, 6.07) is 4.86. The van der Waals surface area contributed by atoms with E-state index >= 15 is 0 Å². The first kappa shape index (κ1) is 10.4. The summed E-state index contributed by atoms with van der Waals surface area (Å²) in [7, 11) is 2.74. The molecule has 0 atom stereocenters. The first-order valence-corrected chi connectivity index (χ1v) is 4.55. The number of carbonyl (C=O) groups is 1. The van der Waals surface area contributed by atoms with E-state index in [0.29, 0.717) is 16.7 Å². The fraction of sp³-hybridized carbons (Fsp3) is 0.182. The van der Waals surface area contributed by atoms with Crippen molar-refractivity contribution in [3.8, 4) is 11.5 Å². The Labute approximate surface area is 91.2 Å². The highest BCUT2D eigenvalue weighted by Crippen LogP contribution is 2.34. The highest BCUT2D eigenvalue weighted by Gasteiger charge is 2.20. The Balaban J connectivity index is 2.63. The van der Waals surface area contributed by atoms with Gasteiger partial charge in [-0.25, -0.2) is 4.79 Å². The van der Waals surface area contributed by atoms with Crippen molar-refractivity contribution in [2.45, 2.75) is 0 Å². The Hall–Kier alpha value is -2.17. The van der Waals surface area contributed by atoms with E-state index in [-0.39, 0.29) is 11.5 Å². The van der Waals surface area contributed by atoms with Gasteiger partial charge in [0, 0.05) is 6.07 Å². The molecule has 0 aliphatic heterocycles. The van der Waals surface area contributed by atoms with E-state index in [1.54, 1.807) is 18.2 Å². The molecule has 16 heavy (non-hydrogen) atoms. The molecule has 2 rings (SSSR count). The number of rotatable bonds is 2. The van der Waals surface area contributed by atoms with Gasteiger partial charge in [-0.05, 0) is 12.1 Å². The second-order valence-electron chi connectivity index (χ2n) is 3.13. The van der Waals surface area contributed by atoms with Crippen LogP contribution in [0.25, 0.3) is 11.0 Å². The number of carbonyl (C=O) groups excluding carboxylic acids is 1. The molecule has 1 aromatic carbocycles. The first-order chi connectivity index (χ1) is 7.67. The number of furan rings is 1. The van der Waals surface area contributed by atoms with Crippen LogP contribution in [0.1, 0.15) is 10.6 Å². The maximum absolute atomic E-state index is 11.3. The summed E-state index contributed by atoms with van der Waals surface area (Å²) in [5, 5.41) is 10.2. The monoisotopic (exact) mass is 222 g/mol. The van der Waals surface area contributed by atoms with Gasteiger partial charge >= 0.3 is 5.97 Å². The maximum Gasteiger partial charge on any atom is 0.377 e. The van der Waals surface area contributed by atoms with E-state index in [1.807, 2.05) is 0 Å². The third-order valence-corrected chi connectivity index (χ3v) is 2.24. The molecule has 5 nitrogen and oxygen atoms in total. The fourth-order valence-corrected chi connectivity index (χ4v) is 1.42. The predicted molar refractivity (Wildman–Crippen MR) is 55.8 cm³/mol. The summed E-state index contributed by atoms with van der Waals surface area (Å²) in [6.07, 6.45) is 0. The summed E-state index contributed by atoms with van der Waals surface area (Å²) in [6.45, 7) is 0. The van der Waals surface area contributed by atoms with Crippen molar-refractivity contribution < 1.29 is 23.8 Å². The molecular weight excluding hydrogens is 212 g/mol. The van der Waals surface area contributed by atoms with E-state index < -0.39 is 5.97 Å². The normalized spacial score (nSPS) is 10.4. The fourth-order valence-electron chi connectivity index (χ4n) is 1.42. The summed E-state index contributed by atoms with van der Waals surface area (Å²) < 4.78 is 14.7. The van der Waals surface area contributed by atoms with Crippen LogP contribution in [0, 0.1) is 0 Å². The molecule has 0 fully saturated rings. The summed E-state index contributed by atoms with van der Waals surface area (Å²) >= 11 is 0. The Morgan fingerprint density at radius 1 is 1.38 bits per heavy atom. The van der Waals surface area contributed by atoms with Crippen molar-refractivity contribution in [3.63, 3.8) is 0 Å². The average Bonchev–Trinajstić information content (AvgIpc) is 2.65. The third kappa shape index (κ3) is 1.46. The van der Waals surface area contributed by atoms with Crippen LogP contribution in [-0.4, -0.2) is 25.3 Å². The van der Waals surface area contributed by atoms with Gasteiger partial charge in [-0.2, -0.15) is 0 Å². The molecule has 0 amide bonds. The predicted octanol–water partition coefficient (Wildman–Crippen LogP) is 1.93. The van der Waals surface area contributed by atoms with E-state index in [9.17, 15) is 9.90 Å². The second kappa shape index (κ2) is 3.77. The minimum absolute atomic E-state index is 0.203. The van der Waals surface area contributed by atoms with E-state index in [4.69, 9.17) is 9.15 Å². The van der Waals surface area contributed by atoms with Crippen LogP contribution >= 0.6 is 0 Å². The van der Waals surface area contributed by atoms with Crippen molar-refractivity contribution in [1.29, 1.82) is 0 Å². The molecule has 0 saturated heterocycles. The van der Waals surface area contributed by atoms with Gasteiger partial charge in [0.05, 0.1) is 19.6 Å². The molecule has 0 spiro atoms. The summed E-state index contributed by atoms with van der Waals surface area (Å²) in [4.78, 5) is 11.3. The molecular formula is C11H10O5. The molecule has 1 heterocycles. The Morgan fingerprint density at radius 2 is 2.12 bits per heavy atom. The van der Waals surface area contributed by atoms with Gasteiger partial charge in [-0.15, -0.1) is 0 Å². The largest absolute Gasteiger partial charge is 0.504 e. The van der Waals surface area contributed by atoms with Gasteiger partial charge < -0.3 is 19.0 Å².